The van der Waals surface area contributed by atoms with Crippen molar-refractivity contribution in [2.45, 2.75) is 20.0 Å². The molecule has 2 aromatic rings. The number of hydrogen-bond donors (Lipinski definition) is 1. The van der Waals surface area contributed by atoms with Crippen molar-refractivity contribution in [3.05, 3.63) is 35.2 Å². The van der Waals surface area contributed by atoms with Crippen LogP contribution in [0.3, 0.4) is 0 Å². The summed E-state index contributed by atoms with van der Waals surface area (Å²) in [5, 5.41) is 4.01. The number of rotatable bonds is 6. The van der Waals surface area contributed by atoms with E-state index in [4.69, 9.17) is 9.15 Å². The third kappa shape index (κ3) is 3.08. The van der Waals surface area contributed by atoms with Crippen molar-refractivity contribution in [2.24, 2.45) is 0 Å². The first kappa shape index (κ1) is 11.2. The molecule has 2 aromatic heterocycles. The highest BCUT2D eigenvalue weighted by atomic mass is 32.1. The van der Waals surface area contributed by atoms with E-state index in [1.165, 1.54) is 0 Å². The smallest absolute Gasteiger partial charge is 0.273 e. The first-order chi connectivity index (χ1) is 7.88. The zero-order chi connectivity index (χ0) is 11.2. The van der Waals surface area contributed by atoms with Crippen LogP contribution >= 0.6 is 11.3 Å². The number of nitrogens with zero attached hydrogens (tertiary/aromatic N) is 1. The normalized spacial score (nSPS) is 10.6. The zero-order valence-corrected chi connectivity index (χ0v) is 9.92. The lowest BCUT2D eigenvalue weighted by Gasteiger charge is -1.98. The SMILES string of the molecule is CCOc1ncc(CNCc2ccco2)s1. The first-order valence-corrected chi connectivity index (χ1v) is 6.00. The van der Waals surface area contributed by atoms with Crippen molar-refractivity contribution >= 4 is 11.3 Å². The summed E-state index contributed by atoms with van der Waals surface area (Å²) in [5.41, 5.74) is 0. The van der Waals surface area contributed by atoms with Crippen molar-refractivity contribution in [3.8, 4) is 5.19 Å². The van der Waals surface area contributed by atoms with Crippen molar-refractivity contribution in [2.75, 3.05) is 6.61 Å². The lowest BCUT2D eigenvalue weighted by molar-refractivity contribution is 0.338. The van der Waals surface area contributed by atoms with E-state index in [1.54, 1.807) is 17.6 Å². The zero-order valence-electron chi connectivity index (χ0n) is 9.10. The summed E-state index contributed by atoms with van der Waals surface area (Å²) in [6.45, 7) is 4.13. The highest BCUT2D eigenvalue weighted by molar-refractivity contribution is 7.13. The van der Waals surface area contributed by atoms with E-state index in [2.05, 4.69) is 10.3 Å². The average Bonchev–Trinajstić information content (AvgIpc) is 2.90. The van der Waals surface area contributed by atoms with Gasteiger partial charge in [0.15, 0.2) is 0 Å². The summed E-state index contributed by atoms with van der Waals surface area (Å²) in [4.78, 5) is 5.32. The summed E-state index contributed by atoms with van der Waals surface area (Å²) >= 11 is 1.57. The Balaban J connectivity index is 1.76. The van der Waals surface area contributed by atoms with Gasteiger partial charge in [0.25, 0.3) is 5.19 Å². The largest absolute Gasteiger partial charge is 0.470 e. The molecule has 0 atom stereocenters. The molecule has 2 rings (SSSR count). The molecule has 16 heavy (non-hydrogen) atoms. The molecule has 5 heteroatoms. The number of hydrogen-bond acceptors (Lipinski definition) is 5. The van der Waals surface area contributed by atoms with E-state index in [0.29, 0.717) is 6.61 Å². The van der Waals surface area contributed by atoms with Crippen LogP contribution in [-0.2, 0) is 13.1 Å². The van der Waals surface area contributed by atoms with E-state index < -0.39 is 0 Å². The minimum atomic E-state index is 0.660. The van der Waals surface area contributed by atoms with Gasteiger partial charge in [-0.2, -0.15) is 0 Å². The molecule has 0 aliphatic heterocycles. The second-order valence-electron chi connectivity index (χ2n) is 3.21. The van der Waals surface area contributed by atoms with E-state index in [-0.39, 0.29) is 0 Å². The number of thiazole rings is 1. The summed E-state index contributed by atoms with van der Waals surface area (Å²) in [7, 11) is 0. The van der Waals surface area contributed by atoms with Gasteiger partial charge in [0.1, 0.15) is 5.76 Å². The number of furan rings is 1. The molecule has 0 unspecified atom stereocenters. The second-order valence-corrected chi connectivity index (χ2v) is 4.29. The number of ether oxygens (including phenoxy) is 1. The Kier molecular flexibility index (Phi) is 3.96. The molecule has 0 amide bonds. The summed E-state index contributed by atoms with van der Waals surface area (Å²) in [6, 6.07) is 3.84. The maximum absolute atomic E-state index is 5.30. The standard InChI is InChI=1S/C11H14N2O2S/c1-2-14-11-13-8-10(16-11)7-12-6-9-4-3-5-15-9/h3-5,8,12H,2,6-7H2,1H3. The van der Waals surface area contributed by atoms with Gasteiger partial charge in [-0.1, -0.05) is 11.3 Å². The van der Waals surface area contributed by atoms with Crippen LogP contribution in [0, 0.1) is 0 Å². The van der Waals surface area contributed by atoms with Gasteiger partial charge >= 0.3 is 0 Å². The molecule has 0 saturated carbocycles. The Bertz CT molecular complexity index is 411. The fourth-order valence-electron chi connectivity index (χ4n) is 1.28. The Morgan fingerprint density at radius 1 is 1.50 bits per heavy atom. The van der Waals surface area contributed by atoms with Gasteiger partial charge in [0.05, 0.1) is 19.4 Å². The van der Waals surface area contributed by atoms with Gasteiger partial charge < -0.3 is 14.5 Å². The second kappa shape index (κ2) is 5.67. The van der Waals surface area contributed by atoms with Crippen LogP contribution in [0.2, 0.25) is 0 Å². The van der Waals surface area contributed by atoms with Crippen molar-refractivity contribution in [3.63, 3.8) is 0 Å². The van der Waals surface area contributed by atoms with E-state index in [0.717, 1.165) is 28.9 Å². The molecular weight excluding hydrogens is 224 g/mol. The summed E-state index contributed by atoms with van der Waals surface area (Å²) < 4.78 is 10.5. The third-order valence-electron chi connectivity index (χ3n) is 1.98. The van der Waals surface area contributed by atoms with Crippen molar-refractivity contribution < 1.29 is 9.15 Å². The molecule has 0 aliphatic carbocycles. The average molecular weight is 238 g/mol. The molecule has 2 heterocycles. The Morgan fingerprint density at radius 2 is 2.44 bits per heavy atom. The van der Waals surface area contributed by atoms with Crippen LogP contribution < -0.4 is 10.1 Å². The molecule has 0 bridgehead atoms. The molecule has 0 aromatic carbocycles. The van der Waals surface area contributed by atoms with Gasteiger partial charge in [-0.15, -0.1) is 0 Å². The first-order valence-electron chi connectivity index (χ1n) is 5.19. The Labute approximate surface area is 98.3 Å². The molecule has 0 fully saturated rings. The lowest BCUT2D eigenvalue weighted by Crippen LogP contribution is -2.10. The van der Waals surface area contributed by atoms with Gasteiger partial charge in [0.2, 0.25) is 0 Å². The van der Waals surface area contributed by atoms with Gasteiger partial charge in [0, 0.05) is 17.6 Å². The quantitative estimate of drug-likeness (QED) is 0.839. The summed E-state index contributed by atoms with van der Waals surface area (Å²) in [6.07, 6.45) is 3.52. The predicted molar refractivity (Wildman–Crippen MR) is 62.5 cm³/mol. The molecule has 0 radical (unpaired) electrons. The third-order valence-corrected chi connectivity index (χ3v) is 2.89. The van der Waals surface area contributed by atoms with Crippen LogP contribution in [0.5, 0.6) is 5.19 Å². The minimum Gasteiger partial charge on any atom is -0.470 e. The number of aromatic nitrogens is 1. The fourth-order valence-corrected chi connectivity index (χ4v) is 2.07. The minimum absolute atomic E-state index is 0.660. The van der Waals surface area contributed by atoms with Crippen LogP contribution in [-0.4, -0.2) is 11.6 Å². The van der Waals surface area contributed by atoms with E-state index in [1.807, 2.05) is 25.3 Å². The van der Waals surface area contributed by atoms with Crippen LogP contribution in [0.4, 0.5) is 0 Å². The van der Waals surface area contributed by atoms with Gasteiger partial charge in [-0.3, -0.25) is 0 Å². The molecule has 0 saturated heterocycles. The van der Waals surface area contributed by atoms with Gasteiger partial charge in [-0.05, 0) is 19.1 Å². The lowest BCUT2D eigenvalue weighted by atomic mass is 10.4. The molecule has 86 valence electrons. The highest BCUT2D eigenvalue weighted by Crippen LogP contribution is 2.20. The highest BCUT2D eigenvalue weighted by Gasteiger charge is 2.02. The van der Waals surface area contributed by atoms with Crippen LogP contribution in [0.15, 0.2) is 29.0 Å². The maximum Gasteiger partial charge on any atom is 0.273 e. The predicted octanol–water partition coefficient (Wildman–Crippen LogP) is 2.42. The van der Waals surface area contributed by atoms with Crippen molar-refractivity contribution in [1.82, 2.24) is 10.3 Å². The van der Waals surface area contributed by atoms with Crippen LogP contribution in [0.25, 0.3) is 0 Å². The van der Waals surface area contributed by atoms with E-state index >= 15 is 0 Å². The molecule has 1 N–H and O–H groups in total. The molecular formula is C11H14N2O2S. The Hall–Kier alpha value is -1.33. The van der Waals surface area contributed by atoms with Crippen LogP contribution in [0.1, 0.15) is 17.6 Å². The molecule has 0 aliphatic rings. The fraction of sp³-hybridized carbons (Fsp3) is 0.364. The number of nitrogens with one attached hydrogen (secondary N) is 1. The molecule has 4 nitrogen and oxygen atoms in total. The topological polar surface area (TPSA) is 47.3 Å². The molecule has 0 spiro atoms. The Morgan fingerprint density at radius 3 is 3.19 bits per heavy atom. The van der Waals surface area contributed by atoms with Gasteiger partial charge in [-0.25, -0.2) is 4.98 Å². The maximum atomic E-state index is 5.30. The van der Waals surface area contributed by atoms with E-state index in [9.17, 15) is 0 Å². The van der Waals surface area contributed by atoms with Crippen molar-refractivity contribution in [1.29, 1.82) is 0 Å². The monoisotopic (exact) mass is 238 g/mol. The summed E-state index contributed by atoms with van der Waals surface area (Å²) in [5.74, 6) is 0.939.